The van der Waals surface area contributed by atoms with Crippen LogP contribution in [0, 0.1) is 5.92 Å². The number of rotatable bonds is 6. The molecular formula is C24H28ClN3O4. The number of hydrogen-bond donors (Lipinski definition) is 2. The van der Waals surface area contributed by atoms with Crippen LogP contribution < -0.4 is 10.1 Å². The first kappa shape index (κ1) is 22.4. The second-order valence-electron chi connectivity index (χ2n) is 8.62. The first-order valence-electron chi connectivity index (χ1n) is 10.8. The molecule has 1 atom stereocenters. The zero-order chi connectivity index (χ0) is 22.9. The smallest absolute Gasteiger partial charge is 0.324 e. The van der Waals surface area contributed by atoms with Crippen LogP contribution in [0.25, 0.3) is 0 Å². The van der Waals surface area contributed by atoms with Gasteiger partial charge in [-0.25, -0.2) is 4.79 Å². The van der Waals surface area contributed by atoms with E-state index in [1.165, 1.54) is 11.9 Å². The van der Waals surface area contributed by atoms with Gasteiger partial charge in [0.15, 0.2) is 0 Å². The van der Waals surface area contributed by atoms with Gasteiger partial charge in [-0.2, -0.15) is 0 Å². The fourth-order valence-electron chi connectivity index (χ4n) is 4.87. The number of nitrogens with zero attached hydrogens (tertiary/aromatic N) is 2. The van der Waals surface area contributed by atoms with E-state index in [-0.39, 0.29) is 23.6 Å². The number of halogens is 1. The number of aromatic hydroxyl groups is 1. The Hall–Kier alpha value is -2.77. The van der Waals surface area contributed by atoms with Gasteiger partial charge in [0.1, 0.15) is 17.0 Å². The minimum Gasteiger partial charge on any atom is -0.508 e. The summed E-state index contributed by atoms with van der Waals surface area (Å²) in [5, 5.41) is 13.8. The second-order valence-corrected chi connectivity index (χ2v) is 9.05. The fourth-order valence-corrected chi connectivity index (χ4v) is 5.07. The minimum absolute atomic E-state index is 0.000640. The summed E-state index contributed by atoms with van der Waals surface area (Å²) in [6.07, 6.45) is 1.93. The van der Waals surface area contributed by atoms with Crippen LogP contribution in [0.4, 0.5) is 4.79 Å². The predicted octanol–water partition coefficient (Wildman–Crippen LogP) is 3.43. The van der Waals surface area contributed by atoms with E-state index < -0.39 is 5.54 Å². The number of nitrogens with one attached hydrogen (secondary N) is 1. The zero-order valence-electron chi connectivity index (χ0n) is 18.3. The highest BCUT2D eigenvalue weighted by Crippen LogP contribution is 2.37. The summed E-state index contributed by atoms with van der Waals surface area (Å²) in [6.45, 7) is 2.09. The van der Waals surface area contributed by atoms with Crippen LogP contribution in [-0.2, 0) is 17.8 Å². The van der Waals surface area contributed by atoms with E-state index in [0.29, 0.717) is 18.0 Å². The molecular weight excluding hydrogens is 430 g/mol. The maximum atomic E-state index is 13.3. The lowest BCUT2D eigenvalue weighted by Gasteiger charge is -2.41. The average molecular weight is 458 g/mol. The van der Waals surface area contributed by atoms with Gasteiger partial charge in [-0.05, 0) is 67.7 Å². The van der Waals surface area contributed by atoms with Crippen LogP contribution in [0.3, 0.4) is 0 Å². The number of likely N-dealkylation sites (tertiary alicyclic amines) is 1. The highest BCUT2D eigenvalue weighted by atomic mass is 35.5. The van der Waals surface area contributed by atoms with Crippen molar-refractivity contribution < 1.29 is 19.4 Å². The molecule has 3 amide bonds. The monoisotopic (exact) mass is 457 g/mol. The maximum absolute atomic E-state index is 13.3. The molecule has 0 unspecified atom stereocenters. The Balaban J connectivity index is 1.52. The van der Waals surface area contributed by atoms with Gasteiger partial charge in [-0.3, -0.25) is 14.6 Å². The summed E-state index contributed by atoms with van der Waals surface area (Å²) in [5.74, 6) is 0.764. The first-order valence-corrected chi connectivity index (χ1v) is 11.1. The highest BCUT2D eigenvalue weighted by Gasteiger charge is 2.54. The number of likely N-dealkylation sites (N-methyl/N-ethyl adjacent to an activating group) is 1. The van der Waals surface area contributed by atoms with Crippen molar-refractivity contribution in [2.45, 2.75) is 31.3 Å². The van der Waals surface area contributed by atoms with E-state index in [1.807, 2.05) is 24.3 Å². The normalized spacial score (nSPS) is 22.3. The molecule has 4 rings (SSSR count). The Morgan fingerprint density at radius 3 is 2.59 bits per heavy atom. The van der Waals surface area contributed by atoms with Crippen molar-refractivity contribution in [1.82, 2.24) is 15.1 Å². The van der Waals surface area contributed by atoms with E-state index in [1.54, 1.807) is 25.3 Å². The number of phenolic OH excluding ortho intramolecular Hbond substituents is 1. The molecule has 2 heterocycles. The fraction of sp³-hybridized carbons (Fsp3) is 0.417. The molecule has 170 valence electrons. The van der Waals surface area contributed by atoms with Gasteiger partial charge in [0.2, 0.25) is 0 Å². The molecule has 2 aliphatic heterocycles. The molecule has 2 aliphatic rings. The standard InChI is InChI=1S/C24H28ClN3O4/c1-27-22(30)24(26-23(27)31,14-16-4-3-5-20(12-16)32-2)18-8-10-28(11-9-18)15-17-13-19(25)6-7-21(17)29/h3-7,12-13,18,29H,8-11,14-15H2,1-2H3,(H,26,31)/t24-/m0/s1. The van der Waals surface area contributed by atoms with Crippen LogP contribution >= 0.6 is 11.6 Å². The summed E-state index contributed by atoms with van der Waals surface area (Å²) in [4.78, 5) is 29.2. The molecule has 2 aromatic rings. The van der Waals surface area contributed by atoms with Gasteiger partial charge in [-0.15, -0.1) is 0 Å². The third-order valence-corrected chi connectivity index (χ3v) is 6.89. The summed E-state index contributed by atoms with van der Waals surface area (Å²) in [6, 6.07) is 12.3. The molecule has 7 nitrogen and oxygen atoms in total. The second kappa shape index (κ2) is 9.00. The van der Waals surface area contributed by atoms with Gasteiger partial charge < -0.3 is 15.2 Å². The summed E-state index contributed by atoms with van der Waals surface area (Å²) in [7, 11) is 3.14. The number of amides is 3. The molecule has 0 radical (unpaired) electrons. The van der Waals surface area contributed by atoms with Gasteiger partial charge in [0.05, 0.1) is 7.11 Å². The average Bonchev–Trinajstić information content (AvgIpc) is 3.01. The number of phenols is 1. The number of benzene rings is 2. The van der Waals surface area contributed by atoms with Gasteiger partial charge >= 0.3 is 6.03 Å². The van der Waals surface area contributed by atoms with E-state index in [4.69, 9.17) is 16.3 Å². The van der Waals surface area contributed by atoms with Crippen molar-refractivity contribution in [1.29, 1.82) is 0 Å². The largest absolute Gasteiger partial charge is 0.508 e. The Morgan fingerprint density at radius 1 is 1.19 bits per heavy atom. The molecule has 0 saturated carbocycles. The van der Waals surface area contributed by atoms with E-state index in [2.05, 4.69) is 10.2 Å². The van der Waals surface area contributed by atoms with Gasteiger partial charge in [0, 0.05) is 30.6 Å². The Labute approximate surface area is 192 Å². The molecule has 2 fully saturated rings. The molecule has 0 spiro atoms. The van der Waals surface area contributed by atoms with Gasteiger partial charge in [0.25, 0.3) is 5.91 Å². The number of carbonyl (C=O) groups is 2. The number of ether oxygens (including phenoxy) is 1. The van der Waals surface area contributed by atoms with E-state index in [0.717, 1.165) is 42.8 Å². The van der Waals surface area contributed by atoms with E-state index in [9.17, 15) is 14.7 Å². The topological polar surface area (TPSA) is 82.1 Å². The van der Waals surface area contributed by atoms with Crippen LogP contribution in [0.1, 0.15) is 24.0 Å². The quantitative estimate of drug-likeness (QED) is 0.649. The summed E-state index contributed by atoms with van der Waals surface area (Å²) >= 11 is 6.08. The van der Waals surface area contributed by atoms with Crippen molar-refractivity contribution in [2.24, 2.45) is 5.92 Å². The van der Waals surface area contributed by atoms with Gasteiger partial charge in [-0.1, -0.05) is 23.7 Å². The number of carbonyl (C=O) groups excluding carboxylic acids is 2. The van der Waals surface area contributed by atoms with Crippen LogP contribution in [-0.4, -0.2) is 59.6 Å². The van der Waals surface area contributed by atoms with Crippen LogP contribution in [0.5, 0.6) is 11.5 Å². The van der Waals surface area contributed by atoms with Crippen LogP contribution in [0.15, 0.2) is 42.5 Å². The predicted molar refractivity (Wildman–Crippen MR) is 122 cm³/mol. The molecule has 32 heavy (non-hydrogen) atoms. The molecule has 2 N–H and O–H groups in total. The SMILES string of the molecule is COc1cccc(C[C@@]2(C3CCN(Cc4cc(Cl)ccc4O)CC3)NC(=O)N(C)C2=O)c1. The molecule has 2 saturated heterocycles. The van der Waals surface area contributed by atoms with Crippen LogP contribution in [0.2, 0.25) is 5.02 Å². The zero-order valence-corrected chi connectivity index (χ0v) is 19.1. The highest BCUT2D eigenvalue weighted by molar-refractivity contribution is 6.30. The number of urea groups is 1. The Bertz CT molecular complexity index is 1020. The number of methoxy groups -OCH3 is 1. The molecule has 8 heteroatoms. The number of hydrogen-bond acceptors (Lipinski definition) is 5. The lowest BCUT2D eigenvalue weighted by atomic mass is 9.74. The number of piperidine rings is 1. The molecule has 0 aromatic heterocycles. The minimum atomic E-state index is -0.970. The third-order valence-electron chi connectivity index (χ3n) is 6.66. The Morgan fingerprint density at radius 2 is 1.94 bits per heavy atom. The van der Waals surface area contributed by atoms with Crippen molar-refractivity contribution in [3.05, 3.63) is 58.6 Å². The first-order chi connectivity index (χ1) is 15.3. The lowest BCUT2D eigenvalue weighted by Crippen LogP contribution is -2.57. The maximum Gasteiger partial charge on any atom is 0.324 e. The summed E-state index contributed by atoms with van der Waals surface area (Å²) in [5.41, 5.74) is 0.759. The van der Waals surface area contributed by atoms with Crippen molar-refractivity contribution in [2.75, 3.05) is 27.2 Å². The van der Waals surface area contributed by atoms with Crippen molar-refractivity contribution in [3.63, 3.8) is 0 Å². The molecule has 0 aliphatic carbocycles. The van der Waals surface area contributed by atoms with E-state index >= 15 is 0 Å². The Kier molecular flexibility index (Phi) is 6.31. The number of imide groups is 1. The van der Waals surface area contributed by atoms with Crippen molar-refractivity contribution >= 4 is 23.5 Å². The third kappa shape index (κ3) is 4.27. The summed E-state index contributed by atoms with van der Waals surface area (Å²) < 4.78 is 5.34. The molecule has 0 bridgehead atoms. The lowest BCUT2D eigenvalue weighted by molar-refractivity contribution is -0.133. The van der Waals surface area contributed by atoms with Crippen molar-refractivity contribution in [3.8, 4) is 11.5 Å². The molecule has 2 aromatic carbocycles.